The van der Waals surface area contributed by atoms with E-state index in [0.29, 0.717) is 17.8 Å². The van der Waals surface area contributed by atoms with Gasteiger partial charge >= 0.3 is 6.02 Å². The van der Waals surface area contributed by atoms with Gasteiger partial charge in [0.05, 0.1) is 5.69 Å². The molecule has 182 valence electrons. The quantitative estimate of drug-likeness (QED) is 0.211. The van der Waals surface area contributed by atoms with Gasteiger partial charge in [0.1, 0.15) is 6.29 Å². The van der Waals surface area contributed by atoms with E-state index in [4.69, 9.17) is 4.74 Å². The summed E-state index contributed by atoms with van der Waals surface area (Å²) in [4.78, 5) is 32.0. The molecule has 0 bridgehead atoms. The van der Waals surface area contributed by atoms with Crippen molar-refractivity contribution in [2.45, 2.75) is 6.92 Å². The SMILES string of the molecule is CCN1C(=O)/C(=C\c2ccc(N(c3ccccc3)c3ccccc3)cc2)O/C1=N/c1ccc(C=O)cc1. The van der Waals surface area contributed by atoms with Crippen LogP contribution in [0.2, 0.25) is 0 Å². The van der Waals surface area contributed by atoms with Gasteiger partial charge in [-0.2, -0.15) is 4.99 Å². The molecule has 6 nitrogen and oxygen atoms in total. The van der Waals surface area contributed by atoms with E-state index >= 15 is 0 Å². The van der Waals surface area contributed by atoms with Crippen LogP contribution in [0.15, 0.2) is 120 Å². The molecule has 0 spiro atoms. The van der Waals surface area contributed by atoms with Crippen molar-refractivity contribution in [3.05, 3.63) is 126 Å². The lowest BCUT2D eigenvalue weighted by atomic mass is 10.1. The van der Waals surface area contributed by atoms with Crippen LogP contribution < -0.4 is 4.90 Å². The molecule has 4 aromatic carbocycles. The molecule has 1 saturated heterocycles. The van der Waals surface area contributed by atoms with E-state index in [1.807, 2.05) is 67.6 Å². The summed E-state index contributed by atoms with van der Waals surface area (Å²) in [6.45, 7) is 2.29. The maximum absolute atomic E-state index is 13.0. The van der Waals surface area contributed by atoms with Gasteiger partial charge < -0.3 is 9.64 Å². The Morgan fingerprint density at radius 2 is 1.30 bits per heavy atom. The summed E-state index contributed by atoms with van der Waals surface area (Å²) in [5, 5.41) is 0. The molecule has 4 aromatic rings. The number of carbonyl (C=O) groups is 2. The van der Waals surface area contributed by atoms with Gasteiger partial charge in [0.2, 0.25) is 0 Å². The summed E-state index contributed by atoms with van der Waals surface area (Å²) in [5.74, 6) is -0.0362. The molecule has 1 fully saturated rings. The highest BCUT2D eigenvalue weighted by molar-refractivity contribution is 6.11. The Balaban J connectivity index is 1.42. The molecule has 1 amide bonds. The number of ether oxygens (including phenoxy) is 1. The molecular weight excluding hydrogens is 462 g/mol. The Morgan fingerprint density at radius 1 is 0.757 bits per heavy atom. The summed E-state index contributed by atoms with van der Waals surface area (Å²) in [6.07, 6.45) is 2.50. The summed E-state index contributed by atoms with van der Waals surface area (Å²) in [5.41, 5.74) is 5.08. The lowest BCUT2D eigenvalue weighted by Crippen LogP contribution is -2.29. The van der Waals surface area contributed by atoms with Crippen molar-refractivity contribution in [2.75, 3.05) is 11.4 Å². The molecule has 0 atom stereocenters. The van der Waals surface area contributed by atoms with Crippen molar-refractivity contribution in [1.29, 1.82) is 0 Å². The first-order chi connectivity index (χ1) is 18.2. The Kier molecular flexibility index (Phi) is 6.90. The second kappa shape index (κ2) is 10.7. The minimum atomic E-state index is -0.245. The monoisotopic (exact) mass is 487 g/mol. The molecule has 1 aliphatic heterocycles. The molecule has 0 aromatic heterocycles. The number of amides is 1. The zero-order valence-corrected chi connectivity index (χ0v) is 20.3. The molecule has 0 saturated carbocycles. The van der Waals surface area contributed by atoms with Crippen LogP contribution >= 0.6 is 0 Å². The standard InChI is InChI=1S/C31H25N3O3/c1-2-33-30(36)29(37-31(33)32-25-17-13-24(22-35)14-18-25)21-23-15-19-28(20-16-23)34(26-9-5-3-6-10-26)27-11-7-4-8-12-27/h3-22H,2H2,1H3/b29-21+,32-31+. The molecule has 0 N–H and O–H groups in total. The summed E-state index contributed by atoms with van der Waals surface area (Å²) >= 11 is 0. The van der Waals surface area contributed by atoms with Crippen LogP contribution in [0.1, 0.15) is 22.8 Å². The van der Waals surface area contributed by atoms with E-state index in [-0.39, 0.29) is 17.7 Å². The van der Waals surface area contributed by atoms with Crippen molar-refractivity contribution in [3.8, 4) is 0 Å². The Labute approximate surface area is 215 Å². The van der Waals surface area contributed by atoms with E-state index in [1.54, 1.807) is 30.3 Å². The number of rotatable bonds is 7. The molecule has 0 unspecified atom stereocenters. The van der Waals surface area contributed by atoms with Crippen LogP contribution in [0, 0.1) is 0 Å². The van der Waals surface area contributed by atoms with Crippen LogP contribution in [0.25, 0.3) is 6.08 Å². The minimum Gasteiger partial charge on any atom is -0.419 e. The third-order valence-electron chi connectivity index (χ3n) is 5.94. The van der Waals surface area contributed by atoms with Crippen LogP contribution in [-0.2, 0) is 9.53 Å². The number of amidine groups is 1. The van der Waals surface area contributed by atoms with Gasteiger partial charge in [-0.05, 0) is 79.2 Å². The van der Waals surface area contributed by atoms with E-state index in [2.05, 4.69) is 34.2 Å². The Morgan fingerprint density at radius 3 is 1.84 bits per heavy atom. The zero-order chi connectivity index (χ0) is 25.6. The molecule has 1 aliphatic rings. The Hall–Kier alpha value is -4.97. The second-order valence-corrected chi connectivity index (χ2v) is 8.36. The summed E-state index contributed by atoms with van der Waals surface area (Å²) in [6, 6.07) is 35.3. The first kappa shape index (κ1) is 23.8. The number of aldehydes is 1. The number of hydrogen-bond donors (Lipinski definition) is 0. The predicted molar refractivity (Wildman–Crippen MR) is 146 cm³/mol. The van der Waals surface area contributed by atoms with Gasteiger partial charge in [-0.3, -0.25) is 14.5 Å². The first-order valence-corrected chi connectivity index (χ1v) is 12.0. The highest BCUT2D eigenvalue weighted by atomic mass is 16.5. The summed E-state index contributed by atoms with van der Waals surface area (Å²) < 4.78 is 5.87. The number of likely N-dealkylation sites (N-methyl/N-ethyl adjacent to an activating group) is 1. The number of carbonyl (C=O) groups excluding carboxylic acids is 2. The lowest BCUT2D eigenvalue weighted by molar-refractivity contribution is -0.122. The molecular formula is C31H25N3O3. The third-order valence-corrected chi connectivity index (χ3v) is 5.94. The van der Waals surface area contributed by atoms with Crippen molar-refractivity contribution >= 4 is 47.0 Å². The number of para-hydroxylation sites is 2. The van der Waals surface area contributed by atoms with Gasteiger partial charge in [0.15, 0.2) is 5.76 Å². The van der Waals surface area contributed by atoms with Gasteiger partial charge in [-0.25, -0.2) is 0 Å². The number of nitrogens with zero attached hydrogens (tertiary/aromatic N) is 3. The Bertz CT molecular complexity index is 1410. The van der Waals surface area contributed by atoms with Gasteiger partial charge in [0.25, 0.3) is 5.91 Å². The largest absolute Gasteiger partial charge is 0.419 e. The van der Waals surface area contributed by atoms with E-state index < -0.39 is 0 Å². The van der Waals surface area contributed by atoms with Gasteiger partial charge in [-0.15, -0.1) is 0 Å². The fraction of sp³-hybridized carbons (Fsp3) is 0.0645. The number of benzene rings is 4. The molecule has 0 radical (unpaired) electrons. The highest BCUT2D eigenvalue weighted by Gasteiger charge is 2.33. The van der Waals surface area contributed by atoms with Crippen LogP contribution in [-0.4, -0.2) is 29.7 Å². The van der Waals surface area contributed by atoms with Crippen molar-refractivity contribution in [2.24, 2.45) is 4.99 Å². The van der Waals surface area contributed by atoms with Crippen molar-refractivity contribution in [1.82, 2.24) is 4.90 Å². The van der Waals surface area contributed by atoms with Crippen LogP contribution in [0.3, 0.4) is 0 Å². The smallest absolute Gasteiger partial charge is 0.305 e. The second-order valence-electron chi connectivity index (χ2n) is 8.36. The van der Waals surface area contributed by atoms with Crippen molar-refractivity contribution in [3.63, 3.8) is 0 Å². The summed E-state index contributed by atoms with van der Waals surface area (Å²) in [7, 11) is 0. The van der Waals surface area contributed by atoms with E-state index in [1.165, 1.54) is 4.90 Å². The molecule has 5 rings (SSSR count). The van der Waals surface area contributed by atoms with Crippen LogP contribution in [0.4, 0.5) is 22.7 Å². The number of aliphatic imine (C=N–C) groups is 1. The lowest BCUT2D eigenvalue weighted by Gasteiger charge is -2.25. The fourth-order valence-electron chi connectivity index (χ4n) is 4.08. The highest BCUT2D eigenvalue weighted by Crippen LogP contribution is 2.34. The normalized spacial score (nSPS) is 15.2. The van der Waals surface area contributed by atoms with Gasteiger partial charge in [0, 0.05) is 29.2 Å². The van der Waals surface area contributed by atoms with Crippen molar-refractivity contribution < 1.29 is 14.3 Å². The van der Waals surface area contributed by atoms with Gasteiger partial charge in [-0.1, -0.05) is 48.5 Å². The molecule has 37 heavy (non-hydrogen) atoms. The number of anilines is 3. The minimum absolute atomic E-state index is 0.209. The zero-order valence-electron chi connectivity index (χ0n) is 20.3. The average molecular weight is 488 g/mol. The number of hydrogen-bond acceptors (Lipinski definition) is 5. The maximum atomic E-state index is 13.0. The predicted octanol–water partition coefficient (Wildman–Crippen LogP) is 6.88. The molecule has 0 aliphatic carbocycles. The van der Waals surface area contributed by atoms with E-state index in [9.17, 15) is 9.59 Å². The molecule has 6 heteroatoms. The third kappa shape index (κ3) is 5.18. The average Bonchev–Trinajstić information content (AvgIpc) is 3.24. The van der Waals surface area contributed by atoms with E-state index in [0.717, 1.165) is 28.9 Å². The first-order valence-electron chi connectivity index (χ1n) is 12.0. The molecule has 1 heterocycles. The maximum Gasteiger partial charge on any atom is 0.305 e. The fourth-order valence-corrected chi connectivity index (χ4v) is 4.08. The van der Waals surface area contributed by atoms with Crippen LogP contribution in [0.5, 0.6) is 0 Å². The topological polar surface area (TPSA) is 62.2 Å².